The van der Waals surface area contributed by atoms with Crippen LogP contribution in [0, 0.1) is 0 Å². The first-order valence-corrected chi connectivity index (χ1v) is 5.21. The van der Waals surface area contributed by atoms with Crippen molar-refractivity contribution in [3.05, 3.63) is 34.9 Å². The smallest absolute Gasteiger partial charge is 0.228 e. The highest BCUT2D eigenvalue weighted by molar-refractivity contribution is 6.30. The van der Waals surface area contributed by atoms with Crippen LogP contribution in [0.25, 0.3) is 11.3 Å². The van der Waals surface area contributed by atoms with E-state index in [1.807, 2.05) is 24.3 Å². The predicted octanol–water partition coefficient (Wildman–Crippen LogP) is 2.96. The van der Waals surface area contributed by atoms with Gasteiger partial charge in [0, 0.05) is 22.7 Å². The molecule has 1 aliphatic heterocycles. The van der Waals surface area contributed by atoms with Gasteiger partial charge < -0.3 is 9.84 Å². The Morgan fingerprint density at radius 2 is 2.07 bits per heavy atom. The first-order valence-electron chi connectivity index (χ1n) is 4.83. The fraction of sp³-hybridized carbons (Fsp3) is 0.182. The van der Waals surface area contributed by atoms with E-state index in [0.29, 0.717) is 0 Å². The number of nitrogens with zero attached hydrogens (tertiary/aromatic N) is 1. The number of fused-ring (bicyclic) bond motifs is 1. The van der Waals surface area contributed by atoms with Gasteiger partial charge in [0.1, 0.15) is 5.69 Å². The van der Waals surface area contributed by atoms with Crippen molar-refractivity contribution in [2.45, 2.75) is 6.42 Å². The number of anilines is 1. The lowest BCUT2D eigenvalue weighted by Crippen LogP contribution is -1.92. The summed E-state index contributed by atoms with van der Waals surface area (Å²) in [6, 6.07) is 7.64. The van der Waals surface area contributed by atoms with Crippen LogP contribution in [0.4, 0.5) is 5.88 Å². The fourth-order valence-electron chi connectivity index (χ4n) is 1.82. The van der Waals surface area contributed by atoms with E-state index in [0.717, 1.165) is 40.7 Å². The highest BCUT2D eigenvalue weighted by Gasteiger charge is 2.21. The van der Waals surface area contributed by atoms with Crippen LogP contribution in [-0.4, -0.2) is 11.7 Å². The third-order valence-electron chi connectivity index (χ3n) is 2.57. The van der Waals surface area contributed by atoms with Gasteiger partial charge in [0.2, 0.25) is 5.88 Å². The minimum absolute atomic E-state index is 0.733. The third-order valence-corrected chi connectivity index (χ3v) is 2.82. The Labute approximate surface area is 92.0 Å². The van der Waals surface area contributed by atoms with E-state index in [2.05, 4.69) is 10.5 Å². The molecule has 3 nitrogen and oxygen atoms in total. The van der Waals surface area contributed by atoms with Crippen molar-refractivity contribution < 1.29 is 4.52 Å². The molecule has 0 fully saturated rings. The predicted molar refractivity (Wildman–Crippen MR) is 59.1 cm³/mol. The molecule has 0 saturated heterocycles. The first kappa shape index (κ1) is 8.80. The Morgan fingerprint density at radius 1 is 1.27 bits per heavy atom. The maximum Gasteiger partial charge on any atom is 0.228 e. The molecule has 0 aliphatic carbocycles. The third kappa shape index (κ3) is 1.39. The maximum atomic E-state index is 5.83. The van der Waals surface area contributed by atoms with Gasteiger partial charge in [-0.3, -0.25) is 0 Å². The van der Waals surface area contributed by atoms with Gasteiger partial charge in [-0.25, -0.2) is 0 Å². The second-order valence-electron chi connectivity index (χ2n) is 3.52. The van der Waals surface area contributed by atoms with Crippen molar-refractivity contribution in [1.29, 1.82) is 0 Å². The Bertz CT molecular complexity index is 490. The van der Waals surface area contributed by atoms with Gasteiger partial charge in [0.15, 0.2) is 0 Å². The molecule has 1 aliphatic rings. The second-order valence-corrected chi connectivity index (χ2v) is 3.96. The molecule has 1 N–H and O–H groups in total. The summed E-state index contributed by atoms with van der Waals surface area (Å²) in [5.41, 5.74) is 3.14. The number of hydrogen-bond donors (Lipinski definition) is 1. The molecule has 0 unspecified atom stereocenters. The van der Waals surface area contributed by atoms with E-state index in [9.17, 15) is 0 Å². The molecule has 0 saturated carbocycles. The highest BCUT2D eigenvalue weighted by atomic mass is 35.5. The van der Waals surface area contributed by atoms with Crippen LogP contribution < -0.4 is 5.32 Å². The topological polar surface area (TPSA) is 38.1 Å². The number of benzene rings is 1. The molecule has 4 heteroatoms. The zero-order valence-electron chi connectivity index (χ0n) is 7.96. The molecule has 1 aromatic heterocycles. The lowest BCUT2D eigenvalue weighted by atomic mass is 10.1. The van der Waals surface area contributed by atoms with E-state index in [-0.39, 0.29) is 0 Å². The summed E-state index contributed by atoms with van der Waals surface area (Å²) in [5, 5.41) is 7.94. The molecule has 0 atom stereocenters. The van der Waals surface area contributed by atoms with Gasteiger partial charge in [0.25, 0.3) is 0 Å². The molecule has 15 heavy (non-hydrogen) atoms. The second kappa shape index (κ2) is 3.28. The standard InChI is InChI=1S/C11H9ClN2O/c12-8-3-1-7(2-4-8)10-9-5-6-13-11(9)15-14-10/h1-4,13H,5-6H2. The molecular formula is C11H9ClN2O. The monoisotopic (exact) mass is 220 g/mol. The summed E-state index contributed by atoms with van der Waals surface area (Å²) in [6.07, 6.45) is 0.969. The number of hydrogen-bond acceptors (Lipinski definition) is 3. The molecular weight excluding hydrogens is 212 g/mol. The van der Waals surface area contributed by atoms with Crippen molar-refractivity contribution in [3.63, 3.8) is 0 Å². The van der Waals surface area contributed by atoms with E-state index >= 15 is 0 Å². The van der Waals surface area contributed by atoms with Crippen LogP contribution in [0.15, 0.2) is 28.8 Å². The van der Waals surface area contributed by atoms with Gasteiger partial charge in [-0.2, -0.15) is 0 Å². The van der Waals surface area contributed by atoms with Crippen LogP contribution in [0.5, 0.6) is 0 Å². The maximum absolute atomic E-state index is 5.83. The summed E-state index contributed by atoms with van der Waals surface area (Å²) < 4.78 is 5.20. The zero-order chi connectivity index (χ0) is 10.3. The minimum Gasteiger partial charge on any atom is -0.353 e. The van der Waals surface area contributed by atoms with Crippen molar-refractivity contribution >= 4 is 17.5 Å². The van der Waals surface area contributed by atoms with Crippen LogP contribution in [0.2, 0.25) is 5.02 Å². The average Bonchev–Trinajstić information content (AvgIpc) is 2.80. The van der Waals surface area contributed by atoms with Crippen molar-refractivity contribution in [1.82, 2.24) is 5.16 Å². The molecule has 2 heterocycles. The molecule has 0 radical (unpaired) electrons. The molecule has 76 valence electrons. The Balaban J connectivity index is 2.09. The summed E-state index contributed by atoms with van der Waals surface area (Å²) in [4.78, 5) is 0. The molecule has 2 aromatic rings. The number of nitrogens with one attached hydrogen (secondary N) is 1. The lowest BCUT2D eigenvalue weighted by molar-refractivity contribution is 0.436. The Morgan fingerprint density at radius 3 is 2.87 bits per heavy atom. The Hall–Kier alpha value is -1.48. The SMILES string of the molecule is Clc1ccc(-c2noc3c2CCN3)cc1. The van der Waals surface area contributed by atoms with Crippen molar-refractivity contribution in [3.8, 4) is 11.3 Å². The van der Waals surface area contributed by atoms with Gasteiger partial charge in [-0.05, 0) is 18.6 Å². The van der Waals surface area contributed by atoms with Crippen LogP contribution in [0.3, 0.4) is 0 Å². The first-order chi connectivity index (χ1) is 7.34. The Kier molecular flexibility index (Phi) is 1.92. The lowest BCUT2D eigenvalue weighted by Gasteiger charge is -1.97. The van der Waals surface area contributed by atoms with Crippen molar-refractivity contribution in [2.75, 3.05) is 11.9 Å². The number of aromatic nitrogens is 1. The molecule has 1 aromatic carbocycles. The number of rotatable bonds is 1. The van der Waals surface area contributed by atoms with Gasteiger partial charge in [-0.1, -0.05) is 28.9 Å². The average molecular weight is 221 g/mol. The fourth-order valence-corrected chi connectivity index (χ4v) is 1.94. The van der Waals surface area contributed by atoms with E-state index in [1.54, 1.807) is 0 Å². The minimum atomic E-state index is 0.733. The molecule has 3 rings (SSSR count). The molecule has 0 spiro atoms. The zero-order valence-corrected chi connectivity index (χ0v) is 8.71. The summed E-state index contributed by atoms with van der Waals surface area (Å²) in [7, 11) is 0. The largest absolute Gasteiger partial charge is 0.353 e. The van der Waals surface area contributed by atoms with E-state index in [4.69, 9.17) is 16.1 Å². The molecule has 0 bridgehead atoms. The summed E-state index contributed by atoms with van der Waals surface area (Å²) >= 11 is 5.83. The number of halogens is 1. The summed E-state index contributed by atoms with van der Waals surface area (Å²) in [5.74, 6) is 0.806. The van der Waals surface area contributed by atoms with Crippen LogP contribution >= 0.6 is 11.6 Å². The van der Waals surface area contributed by atoms with Crippen molar-refractivity contribution in [2.24, 2.45) is 0 Å². The van der Waals surface area contributed by atoms with Gasteiger partial charge >= 0.3 is 0 Å². The van der Waals surface area contributed by atoms with Gasteiger partial charge in [0.05, 0.1) is 0 Å². The van der Waals surface area contributed by atoms with Crippen LogP contribution in [-0.2, 0) is 6.42 Å². The molecule has 0 amide bonds. The highest BCUT2D eigenvalue weighted by Crippen LogP contribution is 2.32. The van der Waals surface area contributed by atoms with Gasteiger partial charge in [-0.15, -0.1) is 0 Å². The summed E-state index contributed by atoms with van der Waals surface area (Å²) in [6.45, 7) is 0.928. The van der Waals surface area contributed by atoms with E-state index < -0.39 is 0 Å². The normalized spacial score (nSPS) is 13.7. The quantitative estimate of drug-likeness (QED) is 0.803. The van der Waals surface area contributed by atoms with E-state index in [1.165, 1.54) is 0 Å². The van der Waals surface area contributed by atoms with Crippen LogP contribution in [0.1, 0.15) is 5.56 Å².